The predicted molar refractivity (Wildman–Crippen MR) is 104 cm³/mol. The molecule has 3 aromatic rings. The Morgan fingerprint density at radius 1 is 1.04 bits per heavy atom. The number of pyridine rings is 1. The van der Waals surface area contributed by atoms with Gasteiger partial charge < -0.3 is 10.6 Å². The van der Waals surface area contributed by atoms with Crippen molar-refractivity contribution < 1.29 is 4.57 Å². The lowest BCUT2D eigenvalue weighted by atomic mass is 10.1. The van der Waals surface area contributed by atoms with Crippen molar-refractivity contribution in [3.8, 4) is 12.3 Å². The van der Waals surface area contributed by atoms with Crippen molar-refractivity contribution in [2.45, 2.75) is 13.5 Å². The van der Waals surface area contributed by atoms with Crippen LogP contribution < -0.4 is 15.2 Å². The van der Waals surface area contributed by atoms with Crippen LogP contribution in [0.25, 0.3) is 10.9 Å². The van der Waals surface area contributed by atoms with Gasteiger partial charge in [-0.05, 0) is 48.5 Å². The number of benzene rings is 2. The first kappa shape index (κ1) is 16.0. The van der Waals surface area contributed by atoms with E-state index in [1.807, 2.05) is 36.4 Å². The number of aryl methyl sites for hydroxylation is 1. The minimum atomic E-state index is 0.559. The smallest absolute Gasteiger partial charge is 0.213 e. The Balaban J connectivity index is 1.82. The van der Waals surface area contributed by atoms with E-state index in [4.69, 9.17) is 18.6 Å². The third kappa shape index (κ3) is 3.53. The maximum atomic E-state index is 5.48. The molecule has 24 heavy (non-hydrogen) atoms. The molecule has 0 saturated heterocycles. The Morgan fingerprint density at radius 2 is 1.79 bits per heavy atom. The van der Waals surface area contributed by atoms with Gasteiger partial charge in [0.1, 0.15) is 0 Å². The number of fused-ring (bicyclic) bond motifs is 1. The largest absolute Gasteiger partial charge is 0.332 e. The van der Waals surface area contributed by atoms with Gasteiger partial charge >= 0.3 is 0 Å². The van der Waals surface area contributed by atoms with Gasteiger partial charge in [-0.15, -0.1) is 6.42 Å². The predicted octanol–water partition coefficient (Wildman–Crippen LogP) is 3.88. The van der Waals surface area contributed by atoms with Gasteiger partial charge in [-0.2, -0.15) is 4.57 Å². The number of nitrogens with one attached hydrogen (secondary N) is 2. The van der Waals surface area contributed by atoms with Crippen molar-refractivity contribution >= 4 is 39.6 Å². The summed E-state index contributed by atoms with van der Waals surface area (Å²) in [5, 5.41) is 8.06. The van der Waals surface area contributed by atoms with Crippen molar-refractivity contribution in [2.24, 2.45) is 0 Å². The number of para-hydroxylation sites is 1. The molecule has 0 spiro atoms. The summed E-state index contributed by atoms with van der Waals surface area (Å²) in [4.78, 5) is 0. The van der Waals surface area contributed by atoms with E-state index < -0.39 is 0 Å². The first-order valence-electron chi connectivity index (χ1n) is 7.67. The lowest BCUT2D eigenvalue weighted by Crippen LogP contribution is -2.37. The molecular weight excluding hydrogens is 314 g/mol. The normalized spacial score (nSPS) is 10.2. The number of anilines is 2. The van der Waals surface area contributed by atoms with E-state index in [1.54, 1.807) is 0 Å². The monoisotopic (exact) mass is 332 g/mol. The highest BCUT2D eigenvalue weighted by Gasteiger charge is 2.12. The van der Waals surface area contributed by atoms with Gasteiger partial charge in [-0.25, -0.2) is 0 Å². The molecule has 2 aromatic carbocycles. The van der Waals surface area contributed by atoms with Crippen LogP contribution in [0.1, 0.15) is 5.69 Å². The van der Waals surface area contributed by atoms with Gasteiger partial charge in [-0.3, -0.25) is 0 Å². The molecule has 0 saturated carbocycles. The fraction of sp³-hybridized carbons (Fsp3) is 0.100. The zero-order valence-corrected chi connectivity index (χ0v) is 14.2. The number of nitrogens with zero attached hydrogens (tertiary/aromatic N) is 1. The fourth-order valence-corrected chi connectivity index (χ4v) is 2.85. The zero-order chi connectivity index (χ0) is 16.9. The van der Waals surface area contributed by atoms with Crippen molar-refractivity contribution in [3.05, 3.63) is 66.4 Å². The fourth-order valence-electron chi connectivity index (χ4n) is 2.62. The Bertz CT molecular complexity index is 927. The van der Waals surface area contributed by atoms with Crippen molar-refractivity contribution in [2.75, 3.05) is 10.6 Å². The average Bonchev–Trinajstić information content (AvgIpc) is 2.58. The lowest BCUT2D eigenvalue weighted by molar-refractivity contribution is -0.664. The zero-order valence-electron chi connectivity index (χ0n) is 13.4. The molecular formula is C20H18N3S+. The Morgan fingerprint density at radius 3 is 2.54 bits per heavy atom. The first-order valence-corrected chi connectivity index (χ1v) is 8.08. The summed E-state index contributed by atoms with van der Waals surface area (Å²) in [5.74, 6) is 2.71. The number of hydrogen-bond acceptors (Lipinski definition) is 1. The van der Waals surface area contributed by atoms with Crippen molar-refractivity contribution in [1.82, 2.24) is 0 Å². The van der Waals surface area contributed by atoms with Gasteiger partial charge in [0, 0.05) is 35.8 Å². The van der Waals surface area contributed by atoms with Crippen LogP contribution in [0.2, 0.25) is 0 Å². The van der Waals surface area contributed by atoms with Crippen LogP contribution in [-0.4, -0.2) is 5.11 Å². The third-order valence-corrected chi connectivity index (χ3v) is 3.99. The highest BCUT2D eigenvalue weighted by Crippen LogP contribution is 2.18. The molecule has 2 N–H and O–H groups in total. The minimum absolute atomic E-state index is 0.559. The maximum Gasteiger partial charge on any atom is 0.213 e. The Kier molecular flexibility index (Phi) is 4.74. The molecule has 0 aliphatic heterocycles. The number of hydrogen-bond donors (Lipinski definition) is 2. The van der Waals surface area contributed by atoms with Crippen LogP contribution in [0, 0.1) is 19.3 Å². The van der Waals surface area contributed by atoms with Crippen LogP contribution in [-0.2, 0) is 6.54 Å². The highest BCUT2D eigenvalue weighted by molar-refractivity contribution is 7.80. The number of aromatic nitrogens is 1. The molecule has 1 aromatic heterocycles. The van der Waals surface area contributed by atoms with E-state index in [-0.39, 0.29) is 0 Å². The van der Waals surface area contributed by atoms with Gasteiger partial charge in [0.2, 0.25) is 12.1 Å². The quantitative estimate of drug-likeness (QED) is 0.433. The van der Waals surface area contributed by atoms with Crippen molar-refractivity contribution in [3.63, 3.8) is 0 Å². The van der Waals surface area contributed by atoms with Gasteiger partial charge in [0.25, 0.3) is 0 Å². The lowest BCUT2D eigenvalue weighted by Gasteiger charge is -2.11. The molecule has 0 bridgehead atoms. The first-order chi connectivity index (χ1) is 11.7. The third-order valence-electron chi connectivity index (χ3n) is 3.79. The van der Waals surface area contributed by atoms with Crippen LogP contribution in [0.3, 0.4) is 0 Å². The standard InChI is InChI=1S/C20H17N3S/c1-3-13-23-15(2)9-10-16-14-18(11-12-19(16)23)22-20(24)21-17-7-5-4-6-8-17/h1,4-12,14H,13H2,2H3,(H-,21,22,24)/p+1. The average molecular weight is 332 g/mol. The SMILES string of the molecule is C#CC[n+]1c(C)ccc2cc(NC(=S)Nc3ccccc3)ccc21. The van der Waals surface area contributed by atoms with E-state index in [1.165, 1.54) is 0 Å². The maximum absolute atomic E-state index is 5.48. The number of rotatable bonds is 3. The summed E-state index contributed by atoms with van der Waals surface area (Å²) in [6, 6.07) is 20.2. The molecule has 4 heteroatoms. The van der Waals surface area contributed by atoms with Crippen LogP contribution in [0.4, 0.5) is 11.4 Å². The van der Waals surface area contributed by atoms with Crippen LogP contribution in [0.5, 0.6) is 0 Å². The van der Waals surface area contributed by atoms with E-state index in [0.29, 0.717) is 11.7 Å². The van der Waals surface area contributed by atoms with E-state index in [0.717, 1.165) is 28.0 Å². The van der Waals surface area contributed by atoms with E-state index in [2.05, 4.69) is 52.3 Å². The number of terminal acetylenes is 1. The molecule has 1 heterocycles. The van der Waals surface area contributed by atoms with Crippen LogP contribution in [0.15, 0.2) is 60.7 Å². The summed E-state index contributed by atoms with van der Waals surface area (Å²) in [7, 11) is 0. The van der Waals surface area contributed by atoms with Gasteiger partial charge in [-0.1, -0.05) is 18.2 Å². The molecule has 0 unspecified atom stereocenters. The highest BCUT2D eigenvalue weighted by atomic mass is 32.1. The van der Waals surface area contributed by atoms with E-state index in [9.17, 15) is 0 Å². The molecule has 0 amide bonds. The molecule has 0 aliphatic carbocycles. The molecule has 3 rings (SSSR count). The molecule has 0 aliphatic rings. The van der Waals surface area contributed by atoms with Crippen molar-refractivity contribution in [1.29, 1.82) is 0 Å². The topological polar surface area (TPSA) is 27.9 Å². The Labute approximate surface area is 147 Å². The van der Waals surface area contributed by atoms with E-state index >= 15 is 0 Å². The summed E-state index contributed by atoms with van der Waals surface area (Å²) in [6.07, 6.45) is 5.48. The minimum Gasteiger partial charge on any atom is -0.332 e. The summed E-state index contributed by atoms with van der Waals surface area (Å²) in [5.41, 5.74) is 4.15. The molecule has 0 atom stereocenters. The second-order valence-electron chi connectivity index (χ2n) is 5.48. The second kappa shape index (κ2) is 7.12. The second-order valence-corrected chi connectivity index (χ2v) is 5.89. The molecule has 3 nitrogen and oxygen atoms in total. The molecule has 0 radical (unpaired) electrons. The van der Waals surface area contributed by atoms with Crippen LogP contribution >= 0.6 is 12.2 Å². The molecule has 0 fully saturated rings. The van der Waals surface area contributed by atoms with Gasteiger partial charge in [0.05, 0.1) is 0 Å². The van der Waals surface area contributed by atoms with Gasteiger partial charge in [0.15, 0.2) is 10.8 Å². The summed E-state index contributed by atoms with van der Waals surface area (Å²) >= 11 is 5.37. The summed E-state index contributed by atoms with van der Waals surface area (Å²) < 4.78 is 2.12. The molecule has 118 valence electrons. The Hall–Kier alpha value is -2.90. The summed E-state index contributed by atoms with van der Waals surface area (Å²) in [6.45, 7) is 2.62. The number of thiocarbonyl (C=S) groups is 1.